The minimum atomic E-state index is -0.576. The van der Waals surface area contributed by atoms with Crippen molar-refractivity contribution < 1.29 is 14.3 Å². The van der Waals surface area contributed by atoms with Gasteiger partial charge < -0.3 is 9.47 Å². The number of halogens is 1. The fourth-order valence-electron chi connectivity index (χ4n) is 2.10. The summed E-state index contributed by atoms with van der Waals surface area (Å²) in [5, 5.41) is 3.22. The number of hydrogen-bond acceptors (Lipinski definition) is 4. The molecule has 0 aliphatic rings. The average molecular weight is 355 g/mol. The van der Waals surface area contributed by atoms with Crippen molar-refractivity contribution in [3.63, 3.8) is 0 Å². The first kappa shape index (κ1) is 16.8. The minimum Gasteiger partial charge on any atom is -0.487 e. The second-order valence-electron chi connectivity index (χ2n) is 5.11. The normalized spacial score (nSPS) is 10.1. The van der Waals surface area contributed by atoms with Crippen molar-refractivity contribution in [2.24, 2.45) is 0 Å². The molecule has 0 unspecified atom stereocenters. The lowest BCUT2D eigenvalue weighted by Crippen LogP contribution is -2.16. The molecule has 1 N–H and O–H groups in total. The maximum Gasteiger partial charge on any atom is 0.417 e. The molecule has 0 radical (unpaired) electrons. The van der Waals surface area contributed by atoms with Gasteiger partial charge in [0.25, 0.3) is 0 Å². The van der Waals surface area contributed by atoms with E-state index < -0.39 is 6.09 Å². The summed E-state index contributed by atoms with van der Waals surface area (Å²) in [4.78, 5) is 15.9. The van der Waals surface area contributed by atoms with E-state index in [1.165, 1.54) is 0 Å². The van der Waals surface area contributed by atoms with Gasteiger partial charge in [0.2, 0.25) is 0 Å². The van der Waals surface area contributed by atoms with E-state index >= 15 is 0 Å². The summed E-state index contributed by atoms with van der Waals surface area (Å²) < 4.78 is 10.8. The summed E-state index contributed by atoms with van der Waals surface area (Å²) in [5.41, 5.74) is 1.30. The molecule has 6 heteroatoms. The molecule has 126 valence electrons. The van der Waals surface area contributed by atoms with Crippen LogP contribution in [0.2, 0.25) is 5.02 Å². The van der Waals surface area contributed by atoms with Crippen LogP contribution in [0.5, 0.6) is 11.5 Å². The molecule has 0 saturated heterocycles. The average Bonchev–Trinajstić information content (AvgIpc) is 2.64. The van der Waals surface area contributed by atoms with Crippen LogP contribution in [-0.2, 0) is 6.61 Å². The Bertz CT molecular complexity index is 842. The molecule has 25 heavy (non-hydrogen) atoms. The summed E-state index contributed by atoms with van der Waals surface area (Å²) in [7, 11) is 0. The van der Waals surface area contributed by atoms with Gasteiger partial charge in [-0.1, -0.05) is 29.8 Å². The number of nitrogens with zero attached hydrogens (tertiary/aromatic N) is 1. The number of benzene rings is 2. The van der Waals surface area contributed by atoms with Crippen molar-refractivity contribution in [1.29, 1.82) is 0 Å². The Kier molecular flexibility index (Phi) is 5.49. The van der Waals surface area contributed by atoms with Gasteiger partial charge in [-0.2, -0.15) is 0 Å². The van der Waals surface area contributed by atoms with Crippen molar-refractivity contribution in [3.05, 3.63) is 83.6 Å². The molecule has 1 heterocycles. The zero-order chi connectivity index (χ0) is 17.5. The van der Waals surface area contributed by atoms with E-state index in [0.29, 0.717) is 22.2 Å². The van der Waals surface area contributed by atoms with E-state index in [9.17, 15) is 4.79 Å². The predicted molar refractivity (Wildman–Crippen MR) is 96.1 cm³/mol. The maximum absolute atomic E-state index is 12.0. The molecule has 0 bridgehead atoms. The second-order valence-corrected chi connectivity index (χ2v) is 5.52. The Morgan fingerprint density at radius 1 is 1.04 bits per heavy atom. The first-order chi connectivity index (χ1) is 12.2. The molecule has 0 spiro atoms. The van der Waals surface area contributed by atoms with Gasteiger partial charge in [0.1, 0.15) is 18.1 Å². The maximum atomic E-state index is 12.0. The number of para-hydroxylation sites is 1. The first-order valence-electron chi connectivity index (χ1n) is 7.56. The van der Waals surface area contributed by atoms with E-state index in [1.54, 1.807) is 67.0 Å². The lowest BCUT2D eigenvalue weighted by atomic mass is 10.2. The summed E-state index contributed by atoms with van der Waals surface area (Å²) in [6, 6.07) is 17.6. The fourth-order valence-corrected chi connectivity index (χ4v) is 2.27. The highest BCUT2D eigenvalue weighted by Gasteiger charge is 2.08. The summed E-state index contributed by atoms with van der Waals surface area (Å²) in [6.07, 6.45) is 2.71. The zero-order valence-electron chi connectivity index (χ0n) is 13.2. The highest BCUT2D eigenvalue weighted by atomic mass is 35.5. The lowest BCUT2D eigenvalue weighted by Gasteiger charge is -2.11. The summed E-state index contributed by atoms with van der Waals surface area (Å²) in [6.45, 7) is 0.258. The molecule has 1 aromatic heterocycles. The van der Waals surface area contributed by atoms with Gasteiger partial charge in [0.05, 0.1) is 6.20 Å². The number of carbonyl (C=O) groups is 1. The van der Waals surface area contributed by atoms with Crippen LogP contribution in [0, 0.1) is 0 Å². The van der Waals surface area contributed by atoms with E-state index in [-0.39, 0.29) is 6.61 Å². The van der Waals surface area contributed by atoms with Crippen LogP contribution in [0.25, 0.3) is 0 Å². The van der Waals surface area contributed by atoms with Crippen LogP contribution in [-0.4, -0.2) is 11.1 Å². The number of nitrogens with one attached hydrogen (secondary N) is 1. The number of pyridine rings is 1. The van der Waals surface area contributed by atoms with Crippen LogP contribution in [0.15, 0.2) is 73.1 Å². The van der Waals surface area contributed by atoms with E-state index in [2.05, 4.69) is 10.3 Å². The minimum absolute atomic E-state index is 0.258. The number of ether oxygens (including phenoxy) is 2. The third kappa shape index (κ3) is 4.96. The standard InChI is InChI=1S/C19H15ClN2O3/c20-18-9-8-15(22-19(23)25-16-5-2-1-3-6-16)11-14(18)13-24-17-7-4-10-21-12-17/h1-12H,13H2,(H,22,23). The number of aromatic nitrogens is 1. The van der Waals surface area contributed by atoms with Crippen LogP contribution in [0.4, 0.5) is 10.5 Å². The van der Waals surface area contributed by atoms with Gasteiger partial charge in [0.15, 0.2) is 0 Å². The Balaban J connectivity index is 1.63. The highest BCUT2D eigenvalue weighted by Crippen LogP contribution is 2.23. The molecule has 0 saturated carbocycles. The van der Waals surface area contributed by atoms with Crippen molar-refractivity contribution >= 4 is 23.4 Å². The molecule has 0 aliphatic carbocycles. The Morgan fingerprint density at radius 2 is 1.84 bits per heavy atom. The molecule has 3 rings (SSSR count). The predicted octanol–water partition coefficient (Wildman–Crippen LogP) is 4.92. The van der Waals surface area contributed by atoms with Crippen LogP contribution >= 0.6 is 11.6 Å². The molecule has 1 amide bonds. The SMILES string of the molecule is O=C(Nc1ccc(Cl)c(COc2cccnc2)c1)Oc1ccccc1. The van der Waals surface area contributed by atoms with Crippen molar-refractivity contribution in [1.82, 2.24) is 4.98 Å². The third-order valence-electron chi connectivity index (χ3n) is 3.27. The van der Waals surface area contributed by atoms with Crippen LogP contribution in [0.1, 0.15) is 5.56 Å². The van der Waals surface area contributed by atoms with Crippen molar-refractivity contribution in [3.8, 4) is 11.5 Å². The molecule has 5 nitrogen and oxygen atoms in total. The molecule has 3 aromatic rings. The Hall–Kier alpha value is -3.05. The Morgan fingerprint density at radius 3 is 2.60 bits per heavy atom. The molecule has 2 aromatic carbocycles. The number of amides is 1. The van der Waals surface area contributed by atoms with Gasteiger partial charge in [-0.3, -0.25) is 10.3 Å². The molecular formula is C19H15ClN2O3. The van der Waals surface area contributed by atoms with Gasteiger partial charge in [-0.15, -0.1) is 0 Å². The van der Waals surface area contributed by atoms with Crippen molar-refractivity contribution in [2.45, 2.75) is 6.61 Å². The zero-order valence-corrected chi connectivity index (χ0v) is 13.9. The van der Waals surface area contributed by atoms with Gasteiger partial charge >= 0.3 is 6.09 Å². The highest BCUT2D eigenvalue weighted by molar-refractivity contribution is 6.31. The second kappa shape index (κ2) is 8.17. The van der Waals surface area contributed by atoms with Gasteiger partial charge in [-0.25, -0.2) is 4.79 Å². The fraction of sp³-hybridized carbons (Fsp3) is 0.0526. The van der Waals surface area contributed by atoms with Crippen molar-refractivity contribution in [2.75, 3.05) is 5.32 Å². The first-order valence-corrected chi connectivity index (χ1v) is 7.93. The number of anilines is 1. The van der Waals surface area contributed by atoms with Crippen LogP contribution < -0.4 is 14.8 Å². The van der Waals surface area contributed by atoms with Gasteiger partial charge in [-0.05, 0) is 42.5 Å². The quantitative estimate of drug-likeness (QED) is 0.706. The molecular weight excluding hydrogens is 340 g/mol. The summed E-state index contributed by atoms with van der Waals surface area (Å²) >= 11 is 6.19. The number of hydrogen-bond donors (Lipinski definition) is 1. The summed E-state index contributed by atoms with van der Waals surface area (Å²) in [5.74, 6) is 1.11. The topological polar surface area (TPSA) is 60.5 Å². The lowest BCUT2D eigenvalue weighted by molar-refractivity contribution is 0.215. The Labute approximate surface area is 150 Å². The molecule has 0 fully saturated rings. The molecule has 0 aliphatic heterocycles. The largest absolute Gasteiger partial charge is 0.487 e. The number of carbonyl (C=O) groups excluding carboxylic acids is 1. The van der Waals surface area contributed by atoms with E-state index in [4.69, 9.17) is 21.1 Å². The smallest absolute Gasteiger partial charge is 0.417 e. The van der Waals surface area contributed by atoms with E-state index in [0.717, 1.165) is 5.56 Å². The van der Waals surface area contributed by atoms with Gasteiger partial charge in [0, 0.05) is 22.5 Å². The number of rotatable bonds is 5. The molecule has 0 atom stereocenters. The van der Waals surface area contributed by atoms with E-state index in [1.807, 2.05) is 6.07 Å². The monoisotopic (exact) mass is 354 g/mol. The van der Waals surface area contributed by atoms with Crippen LogP contribution in [0.3, 0.4) is 0 Å². The third-order valence-corrected chi connectivity index (χ3v) is 3.64.